The van der Waals surface area contributed by atoms with E-state index in [1.54, 1.807) is 14.2 Å². The van der Waals surface area contributed by atoms with Crippen LogP contribution in [0.1, 0.15) is 12.8 Å². The fourth-order valence-electron chi connectivity index (χ4n) is 1.76. The van der Waals surface area contributed by atoms with E-state index in [0.717, 1.165) is 24.4 Å². The topological polar surface area (TPSA) is 18.5 Å². The number of rotatable bonds is 4. The summed E-state index contributed by atoms with van der Waals surface area (Å²) in [6, 6.07) is 0. The standard InChI is InChI=1S/2C6H7O.2ClH.Ti/c2*1-7-6-4-2-3-5-6;;;/h2*2,4H,3H2,1H3;2*1H;. The normalized spacial score (nSPS) is 16.8. The third-order valence-electron chi connectivity index (χ3n) is 2.52. The molecule has 0 N–H and O–H groups in total. The molecule has 2 aliphatic carbocycles. The molecule has 0 saturated heterocycles. The summed E-state index contributed by atoms with van der Waals surface area (Å²) in [6.45, 7) is 0. The van der Waals surface area contributed by atoms with Crippen molar-refractivity contribution in [1.82, 2.24) is 0 Å². The first-order valence-corrected chi connectivity index (χ1v) is 6.55. The van der Waals surface area contributed by atoms with Crippen molar-refractivity contribution in [3.63, 3.8) is 0 Å². The predicted octanol–water partition coefficient (Wildman–Crippen LogP) is 3.55. The number of allylic oxidation sites excluding steroid dienone is 6. The Balaban J connectivity index is 0.00000128. The third-order valence-corrected chi connectivity index (χ3v) is 4.87. The summed E-state index contributed by atoms with van der Waals surface area (Å²) in [4.78, 5) is 0. The minimum absolute atomic E-state index is 0. The monoisotopic (exact) mass is 310 g/mol. The molecule has 0 aliphatic heterocycles. The number of halogens is 2. The van der Waals surface area contributed by atoms with Crippen molar-refractivity contribution in [3.8, 4) is 0 Å². The Kier molecular flexibility index (Phi) is 7.97. The van der Waals surface area contributed by atoms with Gasteiger partial charge in [-0.15, -0.1) is 24.8 Å². The smallest absolute Gasteiger partial charge is 0.147 e. The summed E-state index contributed by atoms with van der Waals surface area (Å²) in [7, 11) is 3.49. The number of hydrogen-bond acceptors (Lipinski definition) is 2. The maximum Gasteiger partial charge on any atom is -0.147 e. The third kappa shape index (κ3) is 3.92. The van der Waals surface area contributed by atoms with Crippen molar-refractivity contribution in [2.45, 2.75) is 12.8 Å². The van der Waals surface area contributed by atoms with E-state index in [0.29, 0.717) is 0 Å². The van der Waals surface area contributed by atoms with Crippen molar-refractivity contribution in [1.29, 1.82) is 0 Å². The van der Waals surface area contributed by atoms with Crippen molar-refractivity contribution in [2.75, 3.05) is 14.2 Å². The van der Waals surface area contributed by atoms with E-state index in [1.165, 1.54) is 7.76 Å². The van der Waals surface area contributed by atoms with E-state index >= 15 is 0 Å². The largest absolute Gasteiger partial charge is 0.147 e. The molecule has 0 heterocycles. The summed E-state index contributed by atoms with van der Waals surface area (Å²) in [5.74, 6) is 2.15. The maximum atomic E-state index is 5.34. The SMILES string of the molecule is COC1=[C]([Ti][C]2=C(OC)C=CC2)CC=C1.Cl.Cl. The zero-order valence-corrected chi connectivity index (χ0v) is 13.1. The molecule has 0 unspecified atom stereocenters. The second-order valence-electron chi connectivity index (χ2n) is 3.43. The van der Waals surface area contributed by atoms with Gasteiger partial charge in [-0.2, -0.15) is 0 Å². The minimum Gasteiger partial charge on any atom is -0.147 e. The Hall–Kier alpha value is -0.146. The van der Waals surface area contributed by atoms with E-state index in [1.807, 2.05) is 0 Å². The molecule has 0 saturated carbocycles. The molecular formula is C12H16Cl2O2Ti. The van der Waals surface area contributed by atoms with Crippen LogP contribution in [-0.4, -0.2) is 14.2 Å². The first-order valence-electron chi connectivity index (χ1n) is 4.99. The molecule has 0 bridgehead atoms. The summed E-state index contributed by atoms with van der Waals surface area (Å²) in [5.41, 5.74) is 0. The van der Waals surface area contributed by atoms with Gasteiger partial charge >= 0.3 is 99.3 Å². The van der Waals surface area contributed by atoms with E-state index in [2.05, 4.69) is 24.3 Å². The number of methoxy groups -OCH3 is 2. The van der Waals surface area contributed by atoms with Gasteiger partial charge in [0.25, 0.3) is 0 Å². The first-order chi connectivity index (χ1) is 7.35. The summed E-state index contributed by atoms with van der Waals surface area (Å²) in [6.07, 6.45) is 10.6. The van der Waals surface area contributed by atoms with Gasteiger partial charge in [-0.1, -0.05) is 0 Å². The number of ether oxygens (including phenoxy) is 2. The molecule has 17 heavy (non-hydrogen) atoms. The van der Waals surface area contributed by atoms with Crippen LogP contribution in [0, 0.1) is 0 Å². The van der Waals surface area contributed by atoms with Gasteiger partial charge in [0, 0.05) is 0 Å². The van der Waals surface area contributed by atoms with Crippen LogP contribution in [0.25, 0.3) is 0 Å². The zero-order chi connectivity index (χ0) is 10.7. The van der Waals surface area contributed by atoms with Gasteiger partial charge in [-0.05, 0) is 0 Å². The van der Waals surface area contributed by atoms with Gasteiger partial charge in [0.05, 0.1) is 0 Å². The van der Waals surface area contributed by atoms with Gasteiger partial charge in [0.15, 0.2) is 0 Å². The molecule has 2 nitrogen and oxygen atoms in total. The second kappa shape index (κ2) is 8.04. The Morgan fingerprint density at radius 3 is 1.65 bits per heavy atom. The first kappa shape index (κ1) is 16.9. The van der Waals surface area contributed by atoms with Gasteiger partial charge in [-0.25, -0.2) is 0 Å². The van der Waals surface area contributed by atoms with Crippen LogP contribution in [0.5, 0.6) is 0 Å². The van der Waals surface area contributed by atoms with E-state index in [9.17, 15) is 0 Å². The summed E-state index contributed by atoms with van der Waals surface area (Å²) < 4.78 is 13.6. The molecule has 2 aliphatic rings. The zero-order valence-electron chi connectivity index (χ0n) is 9.86. The Morgan fingerprint density at radius 2 is 1.29 bits per heavy atom. The molecule has 94 valence electrons. The van der Waals surface area contributed by atoms with Gasteiger partial charge in [-0.3, -0.25) is 0 Å². The molecule has 0 fully saturated rings. The molecule has 5 heteroatoms. The Labute approximate surface area is 124 Å². The Bertz CT molecular complexity index is 348. The van der Waals surface area contributed by atoms with Crippen LogP contribution in [0.2, 0.25) is 0 Å². The molecule has 0 spiro atoms. The quantitative estimate of drug-likeness (QED) is 0.739. The van der Waals surface area contributed by atoms with Gasteiger partial charge in [0.2, 0.25) is 0 Å². The summed E-state index contributed by atoms with van der Waals surface area (Å²) in [5, 5.41) is 0. The van der Waals surface area contributed by atoms with E-state index in [-0.39, 0.29) is 44.0 Å². The number of hydrogen-bond donors (Lipinski definition) is 0. The van der Waals surface area contributed by atoms with Gasteiger partial charge in [0.1, 0.15) is 0 Å². The van der Waals surface area contributed by atoms with Gasteiger partial charge < -0.3 is 0 Å². The van der Waals surface area contributed by atoms with Crippen molar-refractivity contribution in [2.24, 2.45) is 0 Å². The molecular weight excluding hydrogens is 295 g/mol. The molecule has 0 radical (unpaired) electrons. The minimum atomic E-state index is -0.235. The van der Waals surface area contributed by atoms with Crippen LogP contribution in [0.3, 0.4) is 0 Å². The van der Waals surface area contributed by atoms with Crippen molar-refractivity contribution >= 4 is 24.8 Å². The maximum absolute atomic E-state index is 5.34. The average molecular weight is 311 g/mol. The fourth-order valence-corrected chi connectivity index (χ4v) is 3.98. The molecule has 2 rings (SSSR count). The summed E-state index contributed by atoms with van der Waals surface area (Å²) >= 11 is -0.235. The molecule has 0 atom stereocenters. The molecule has 0 aromatic rings. The van der Waals surface area contributed by atoms with Crippen LogP contribution in [-0.2, 0) is 28.6 Å². The predicted molar refractivity (Wildman–Crippen MR) is 70.1 cm³/mol. The molecule has 0 amide bonds. The Morgan fingerprint density at radius 1 is 0.882 bits per heavy atom. The average Bonchev–Trinajstić information content (AvgIpc) is 2.87. The van der Waals surface area contributed by atoms with Crippen molar-refractivity contribution < 1.29 is 28.6 Å². The van der Waals surface area contributed by atoms with Crippen LogP contribution < -0.4 is 0 Å². The van der Waals surface area contributed by atoms with Crippen molar-refractivity contribution in [3.05, 3.63) is 43.6 Å². The van der Waals surface area contributed by atoms with E-state index in [4.69, 9.17) is 9.47 Å². The fraction of sp³-hybridized carbons (Fsp3) is 0.333. The molecule has 0 aromatic heterocycles. The van der Waals surface area contributed by atoms with E-state index < -0.39 is 0 Å². The molecule has 0 aromatic carbocycles. The second-order valence-corrected chi connectivity index (χ2v) is 5.71. The van der Waals surface area contributed by atoms with Crippen LogP contribution >= 0.6 is 24.8 Å². The van der Waals surface area contributed by atoms with Crippen LogP contribution in [0.15, 0.2) is 43.6 Å². The van der Waals surface area contributed by atoms with Crippen LogP contribution in [0.4, 0.5) is 0 Å².